The van der Waals surface area contributed by atoms with E-state index >= 15 is 0 Å². The average molecular weight is 318 g/mol. The van der Waals surface area contributed by atoms with Gasteiger partial charge in [-0.1, -0.05) is 17.7 Å². The van der Waals surface area contributed by atoms with Gasteiger partial charge in [-0.15, -0.1) is 20.4 Å². The van der Waals surface area contributed by atoms with Crippen LogP contribution in [0.2, 0.25) is 0 Å². The molecule has 0 fully saturated rings. The second-order valence-electron chi connectivity index (χ2n) is 5.48. The van der Waals surface area contributed by atoms with Gasteiger partial charge in [0.05, 0.1) is 0 Å². The summed E-state index contributed by atoms with van der Waals surface area (Å²) in [5, 5.41) is 16.1. The number of rotatable bonds is 3. The van der Waals surface area contributed by atoms with E-state index in [1.807, 2.05) is 55.5 Å². The molecule has 0 aliphatic carbocycles. The van der Waals surface area contributed by atoms with Gasteiger partial charge in [-0.25, -0.2) is 0 Å². The first-order chi connectivity index (χ1) is 11.7. The second kappa shape index (κ2) is 5.73. The summed E-state index contributed by atoms with van der Waals surface area (Å²) in [6.07, 6.45) is 0. The minimum Gasteiger partial charge on any atom is -0.421 e. The molecule has 0 saturated carbocycles. The van der Waals surface area contributed by atoms with Crippen molar-refractivity contribution < 1.29 is 8.83 Å². The minimum atomic E-state index is 0.471. The van der Waals surface area contributed by atoms with Crippen LogP contribution in [-0.2, 0) is 0 Å². The van der Waals surface area contributed by atoms with Crippen molar-refractivity contribution in [3.8, 4) is 34.4 Å². The van der Waals surface area contributed by atoms with Crippen LogP contribution in [0.25, 0.3) is 34.4 Å². The quantitative estimate of drug-likeness (QED) is 0.566. The molecular weight excluding hydrogens is 304 g/mol. The Bertz CT molecular complexity index is 969. The van der Waals surface area contributed by atoms with E-state index in [2.05, 4.69) is 20.4 Å². The van der Waals surface area contributed by atoms with Crippen molar-refractivity contribution in [2.45, 2.75) is 13.8 Å². The molecule has 2 aromatic heterocycles. The molecule has 0 saturated heterocycles. The van der Waals surface area contributed by atoms with Gasteiger partial charge < -0.3 is 8.83 Å². The molecule has 0 unspecified atom stereocenters. The summed E-state index contributed by atoms with van der Waals surface area (Å²) in [5.41, 5.74) is 3.76. The van der Waals surface area contributed by atoms with Crippen molar-refractivity contribution in [2.24, 2.45) is 0 Å². The van der Waals surface area contributed by atoms with Crippen molar-refractivity contribution >= 4 is 0 Å². The zero-order valence-corrected chi connectivity index (χ0v) is 13.2. The molecule has 0 spiro atoms. The first-order valence-corrected chi connectivity index (χ1v) is 7.50. The lowest BCUT2D eigenvalue weighted by Crippen LogP contribution is -1.81. The molecule has 6 nitrogen and oxygen atoms in total. The summed E-state index contributed by atoms with van der Waals surface area (Å²) in [5.74, 6) is 2.00. The Morgan fingerprint density at radius 1 is 0.542 bits per heavy atom. The Hall–Kier alpha value is -3.28. The van der Waals surface area contributed by atoms with E-state index in [9.17, 15) is 0 Å². The lowest BCUT2D eigenvalue weighted by Gasteiger charge is -1.98. The van der Waals surface area contributed by atoms with Gasteiger partial charge >= 0.3 is 0 Å². The Labute approximate surface area is 138 Å². The normalized spacial score (nSPS) is 10.9. The van der Waals surface area contributed by atoms with Crippen molar-refractivity contribution in [3.63, 3.8) is 0 Å². The van der Waals surface area contributed by atoms with Crippen LogP contribution in [0.5, 0.6) is 0 Å². The third kappa shape index (κ3) is 2.69. The first-order valence-electron chi connectivity index (χ1n) is 7.50. The molecular formula is C18H14N4O2. The van der Waals surface area contributed by atoms with Gasteiger partial charge in [0, 0.05) is 23.6 Å². The molecule has 4 aromatic rings. The summed E-state index contributed by atoms with van der Waals surface area (Å²) in [7, 11) is 0. The number of aromatic nitrogens is 4. The van der Waals surface area contributed by atoms with Gasteiger partial charge in [0.15, 0.2) is 0 Å². The zero-order valence-electron chi connectivity index (χ0n) is 13.2. The van der Waals surface area contributed by atoms with Crippen LogP contribution >= 0.6 is 0 Å². The largest absolute Gasteiger partial charge is 0.421 e. The predicted octanol–water partition coefficient (Wildman–Crippen LogP) is 4.07. The van der Waals surface area contributed by atoms with Crippen molar-refractivity contribution in [3.05, 3.63) is 60.0 Å². The zero-order chi connectivity index (χ0) is 16.5. The Balaban J connectivity index is 1.61. The van der Waals surface area contributed by atoms with Gasteiger partial charge in [0.1, 0.15) is 0 Å². The minimum absolute atomic E-state index is 0.471. The Morgan fingerprint density at radius 2 is 0.958 bits per heavy atom. The summed E-state index contributed by atoms with van der Waals surface area (Å²) >= 11 is 0. The van der Waals surface area contributed by atoms with Gasteiger partial charge in [-0.2, -0.15) is 0 Å². The van der Waals surface area contributed by atoms with E-state index in [-0.39, 0.29) is 0 Å². The molecule has 0 atom stereocenters. The van der Waals surface area contributed by atoms with E-state index in [1.165, 1.54) is 5.56 Å². The molecule has 0 radical (unpaired) electrons. The van der Waals surface area contributed by atoms with Crippen LogP contribution in [0, 0.1) is 13.8 Å². The van der Waals surface area contributed by atoms with Gasteiger partial charge in [0.25, 0.3) is 0 Å². The summed E-state index contributed by atoms with van der Waals surface area (Å²) in [4.78, 5) is 0. The Kier molecular flexibility index (Phi) is 3.42. The maximum atomic E-state index is 5.77. The third-order valence-electron chi connectivity index (χ3n) is 3.63. The van der Waals surface area contributed by atoms with Gasteiger partial charge in [-0.05, 0) is 43.3 Å². The fourth-order valence-corrected chi connectivity index (χ4v) is 2.32. The molecule has 6 heteroatoms. The Morgan fingerprint density at radius 3 is 1.42 bits per heavy atom. The fraction of sp³-hybridized carbons (Fsp3) is 0.111. The highest BCUT2D eigenvalue weighted by molar-refractivity contribution is 5.62. The second-order valence-corrected chi connectivity index (χ2v) is 5.48. The number of hydrogen-bond acceptors (Lipinski definition) is 6. The highest BCUT2D eigenvalue weighted by Crippen LogP contribution is 2.26. The molecule has 0 N–H and O–H groups in total. The molecule has 0 aliphatic rings. The van der Waals surface area contributed by atoms with Crippen LogP contribution in [0.3, 0.4) is 0 Å². The summed E-state index contributed by atoms with van der Waals surface area (Å²) < 4.78 is 11.2. The summed E-state index contributed by atoms with van der Waals surface area (Å²) in [6.45, 7) is 3.80. The number of benzene rings is 2. The van der Waals surface area contributed by atoms with Crippen molar-refractivity contribution in [2.75, 3.05) is 0 Å². The van der Waals surface area contributed by atoms with Gasteiger partial charge in [-0.3, -0.25) is 0 Å². The monoisotopic (exact) mass is 318 g/mol. The van der Waals surface area contributed by atoms with Gasteiger partial charge in [0.2, 0.25) is 23.6 Å². The maximum absolute atomic E-state index is 5.77. The van der Waals surface area contributed by atoms with Crippen LogP contribution < -0.4 is 0 Å². The lowest BCUT2D eigenvalue weighted by molar-refractivity contribution is 0.532. The number of aryl methyl sites for hydroxylation is 2. The molecule has 0 aliphatic heterocycles. The van der Waals surface area contributed by atoms with E-state index in [0.29, 0.717) is 23.6 Å². The van der Waals surface area contributed by atoms with Crippen molar-refractivity contribution in [1.82, 2.24) is 20.4 Å². The van der Waals surface area contributed by atoms with Crippen LogP contribution in [0.4, 0.5) is 0 Å². The van der Waals surface area contributed by atoms with E-state index < -0.39 is 0 Å². The molecule has 0 bridgehead atoms. The van der Waals surface area contributed by atoms with E-state index in [1.54, 1.807) is 6.92 Å². The molecule has 4 rings (SSSR count). The van der Waals surface area contributed by atoms with Crippen LogP contribution in [-0.4, -0.2) is 20.4 Å². The lowest BCUT2D eigenvalue weighted by atomic mass is 10.1. The molecule has 118 valence electrons. The standard InChI is InChI=1S/C18H14N4O2/c1-11-3-5-13(6-4-11)17-21-22-18(24-17)15-9-7-14(8-10-15)16-20-19-12(2)23-16/h3-10H,1-2H3. The molecule has 0 amide bonds. The molecule has 2 heterocycles. The molecule has 24 heavy (non-hydrogen) atoms. The highest BCUT2D eigenvalue weighted by atomic mass is 16.4. The SMILES string of the molecule is Cc1ccc(-c2nnc(-c3ccc(-c4nnc(C)o4)cc3)o2)cc1. The average Bonchev–Trinajstić information content (AvgIpc) is 3.25. The van der Waals surface area contributed by atoms with E-state index in [0.717, 1.165) is 16.7 Å². The maximum Gasteiger partial charge on any atom is 0.248 e. The van der Waals surface area contributed by atoms with Crippen molar-refractivity contribution in [1.29, 1.82) is 0 Å². The predicted molar refractivity (Wildman–Crippen MR) is 87.9 cm³/mol. The first kappa shape index (κ1) is 14.3. The smallest absolute Gasteiger partial charge is 0.248 e. The summed E-state index contributed by atoms with van der Waals surface area (Å²) in [6, 6.07) is 15.5. The number of nitrogens with zero attached hydrogens (tertiary/aromatic N) is 4. The van der Waals surface area contributed by atoms with E-state index in [4.69, 9.17) is 8.83 Å². The highest BCUT2D eigenvalue weighted by Gasteiger charge is 2.11. The molecule has 2 aromatic carbocycles. The van der Waals surface area contributed by atoms with Crippen LogP contribution in [0.15, 0.2) is 57.4 Å². The van der Waals surface area contributed by atoms with Crippen LogP contribution in [0.1, 0.15) is 11.5 Å². The third-order valence-corrected chi connectivity index (χ3v) is 3.63. The topological polar surface area (TPSA) is 77.8 Å². The fourth-order valence-electron chi connectivity index (χ4n) is 2.32. The number of hydrogen-bond donors (Lipinski definition) is 0.